The Bertz CT molecular complexity index is 1440. The van der Waals surface area contributed by atoms with E-state index in [1.54, 1.807) is 29.1 Å². The van der Waals surface area contributed by atoms with E-state index >= 15 is 0 Å². The molecule has 5 rings (SSSR count). The van der Waals surface area contributed by atoms with Gasteiger partial charge in [0.2, 0.25) is 0 Å². The van der Waals surface area contributed by atoms with Crippen LogP contribution in [0.2, 0.25) is 0 Å². The SMILES string of the molecule is C[C@H](NC(=O)C(F)(F)F)[C@H](Oc1cc2cnn(-c3ccc(F)cc3)c2cc1C1CCC1)c1ccc(F)cc1. The summed E-state index contributed by atoms with van der Waals surface area (Å²) < 4.78 is 74.1. The Morgan fingerprint density at radius 3 is 2.24 bits per heavy atom. The third kappa shape index (κ3) is 5.20. The largest absolute Gasteiger partial charge is 0.483 e. The first-order valence-corrected chi connectivity index (χ1v) is 12.2. The Balaban J connectivity index is 1.55. The minimum atomic E-state index is -5.06. The first-order chi connectivity index (χ1) is 18.1. The number of aromatic nitrogens is 2. The second kappa shape index (κ2) is 10.1. The zero-order valence-electron chi connectivity index (χ0n) is 20.3. The van der Waals surface area contributed by atoms with E-state index in [0.717, 1.165) is 30.3 Å². The summed E-state index contributed by atoms with van der Waals surface area (Å²) in [5.74, 6) is -2.35. The molecule has 5 nitrogen and oxygen atoms in total. The van der Waals surface area contributed by atoms with Gasteiger partial charge in [-0.3, -0.25) is 4.79 Å². The molecule has 1 aliphatic rings. The van der Waals surface area contributed by atoms with Gasteiger partial charge in [0.1, 0.15) is 23.5 Å². The fourth-order valence-electron chi connectivity index (χ4n) is 4.61. The van der Waals surface area contributed by atoms with Crippen molar-refractivity contribution in [2.45, 2.75) is 50.4 Å². The summed E-state index contributed by atoms with van der Waals surface area (Å²) in [7, 11) is 0. The van der Waals surface area contributed by atoms with Gasteiger partial charge < -0.3 is 10.1 Å². The van der Waals surface area contributed by atoms with E-state index in [0.29, 0.717) is 22.4 Å². The number of amides is 1. The van der Waals surface area contributed by atoms with Crippen LogP contribution in [0.5, 0.6) is 5.75 Å². The molecule has 1 fully saturated rings. The van der Waals surface area contributed by atoms with Gasteiger partial charge >= 0.3 is 12.1 Å². The molecule has 38 heavy (non-hydrogen) atoms. The second-order valence-electron chi connectivity index (χ2n) is 9.46. The monoisotopic (exact) mass is 529 g/mol. The maximum Gasteiger partial charge on any atom is 0.471 e. The lowest BCUT2D eigenvalue weighted by molar-refractivity contribution is -0.174. The molecule has 0 bridgehead atoms. The fraction of sp³-hybridized carbons (Fsp3) is 0.286. The molecule has 0 unspecified atom stereocenters. The molecule has 3 aromatic carbocycles. The Hall–Kier alpha value is -3.95. The molecule has 198 valence electrons. The maximum absolute atomic E-state index is 13.6. The zero-order valence-corrected chi connectivity index (χ0v) is 20.3. The van der Waals surface area contributed by atoms with Gasteiger partial charge in [-0.25, -0.2) is 13.5 Å². The number of benzene rings is 3. The highest BCUT2D eigenvalue weighted by Crippen LogP contribution is 2.44. The van der Waals surface area contributed by atoms with Gasteiger partial charge in [-0.15, -0.1) is 0 Å². The second-order valence-corrected chi connectivity index (χ2v) is 9.46. The van der Waals surface area contributed by atoms with Crippen LogP contribution in [0.15, 0.2) is 66.9 Å². The molecular weight excluding hydrogens is 505 g/mol. The number of carbonyl (C=O) groups is 1. The molecule has 1 amide bonds. The van der Waals surface area contributed by atoms with Crippen LogP contribution in [-0.4, -0.2) is 27.9 Å². The number of hydrogen-bond acceptors (Lipinski definition) is 3. The number of ether oxygens (including phenoxy) is 1. The number of alkyl halides is 3. The first kappa shape index (κ1) is 25.7. The predicted molar refractivity (Wildman–Crippen MR) is 131 cm³/mol. The van der Waals surface area contributed by atoms with Crippen molar-refractivity contribution in [3.8, 4) is 11.4 Å². The molecule has 4 aromatic rings. The summed E-state index contributed by atoms with van der Waals surface area (Å²) >= 11 is 0. The maximum atomic E-state index is 13.6. The predicted octanol–water partition coefficient (Wildman–Crippen LogP) is 6.76. The first-order valence-electron chi connectivity index (χ1n) is 12.2. The van der Waals surface area contributed by atoms with Crippen molar-refractivity contribution in [3.63, 3.8) is 0 Å². The van der Waals surface area contributed by atoms with E-state index in [9.17, 15) is 26.7 Å². The molecule has 1 aliphatic carbocycles. The molecular formula is C28H24F5N3O2. The molecule has 2 atom stereocenters. The Morgan fingerprint density at radius 2 is 1.66 bits per heavy atom. The number of nitrogens with one attached hydrogen (secondary N) is 1. The third-order valence-corrected chi connectivity index (χ3v) is 6.84. The molecule has 0 aliphatic heterocycles. The molecule has 1 heterocycles. The average molecular weight is 530 g/mol. The summed E-state index contributed by atoms with van der Waals surface area (Å²) in [6.07, 6.45) is -1.63. The summed E-state index contributed by atoms with van der Waals surface area (Å²) in [6, 6.07) is 13.7. The lowest BCUT2D eigenvalue weighted by Gasteiger charge is -2.31. The van der Waals surface area contributed by atoms with E-state index in [2.05, 4.69) is 5.10 Å². The molecule has 10 heteroatoms. The van der Waals surface area contributed by atoms with Gasteiger partial charge in [-0.1, -0.05) is 18.6 Å². The lowest BCUT2D eigenvalue weighted by Crippen LogP contribution is -2.45. The summed E-state index contributed by atoms with van der Waals surface area (Å²) in [5.41, 5.74) is 2.70. The van der Waals surface area contributed by atoms with Gasteiger partial charge in [0, 0.05) is 5.39 Å². The molecule has 0 spiro atoms. The normalized spacial score (nSPS) is 15.6. The number of rotatable bonds is 7. The van der Waals surface area contributed by atoms with Crippen LogP contribution in [0.4, 0.5) is 22.0 Å². The van der Waals surface area contributed by atoms with Gasteiger partial charge in [0.25, 0.3) is 0 Å². The fourth-order valence-corrected chi connectivity index (χ4v) is 4.61. The van der Waals surface area contributed by atoms with E-state index in [-0.39, 0.29) is 11.7 Å². The van der Waals surface area contributed by atoms with Crippen LogP contribution in [0, 0.1) is 11.6 Å². The van der Waals surface area contributed by atoms with Crippen LogP contribution in [0.3, 0.4) is 0 Å². The minimum Gasteiger partial charge on any atom is -0.483 e. The highest BCUT2D eigenvalue weighted by molar-refractivity contribution is 5.83. The van der Waals surface area contributed by atoms with E-state index in [1.807, 2.05) is 11.4 Å². The summed E-state index contributed by atoms with van der Waals surface area (Å²) in [4.78, 5) is 11.7. The van der Waals surface area contributed by atoms with E-state index < -0.39 is 30.0 Å². The summed E-state index contributed by atoms with van der Waals surface area (Å²) in [6.45, 7) is 1.41. The quantitative estimate of drug-likeness (QED) is 0.269. The van der Waals surface area contributed by atoms with Crippen molar-refractivity contribution in [1.82, 2.24) is 15.1 Å². The van der Waals surface area contributed by atoms with E-state index in [4.69, 9.17) is 4.74 Å². The highest BCUT2D eigenvalue weighted by atomic mass is 19.4. The number of carbonyl (C=O) groups excluding carboxylic acids is 1. The van der Waals surface area contributed by atoms with Crippen LogP contribution < -0.4 is 10.1 Å². The van der Waals surface area contributed by atoms with Crippen LogP contribution >= 0.6 is 0 Å². The Morgan fingerprint density at radius 1 is 1.03 bits per heavy atom. The van der Waals surface area contributed by atoms with Crippen molar-refractivity contribution >= 4 is 16.8 Å². The lowest BCUT2D eigenvalue weighted by atomic mass is 9.79. The van der Waals surface area contributed by atoms with Crippen LogP contribution in [0.25, 0.3) is 16.6 Å². The molecule has 0 radical (unpaired) electrons. The number of nitrogens with zero attached hydrogens (tertiary/aromatic N) is 2. The van der Waals surface area contributed by atoms with E-state index in [1.165, 1.54) is 43.3 Å². The standard InChI is InChI=1S/C28H24F5N3O2/c1-16(35-27(37)28(31,32)33)26(18-5-7-20(29)8-6-18)38-25-13-19-15-34-36(22-11-9-21(30)10-12-22)24(19)14-23(25)17-3-2-4-17/h5-17,26H,2-4H2,1H3,(H,35,37)/t16-,26-/m0/s1. The molecule has 0 saturated heterocycles. The average Bonchev–Trinajstić information content (AvgIpc) is 3.24. The Labute approximate surface area is 215 Å². The number of hydrogen-bond donors (Lipinski definition) is 1. The highest BCUT2D eigenvalue weighted by Gasteiger charge is 2.40. The van der Waals surface area contributed by atoms with Crippen molar-refractivity contribution in [3.05, 3.63) is 89.6 Å². The Kier molecular flexibility index (Phi) is 6.81. The van der Waals surface area contributed by atoms with Gasteiger partial charge in [-0.05, 0) is 85.3 Å². The van der Waals surface area contributed by atoms with Crippen molar-refractivity contribution in [2.75, 3.05) is 0 Å². The van der Waals surface area contributed by atoms with Gasteiger partial charge in [-0.2, -0.15) is 18.3 Å². The van der Waals surface area contributed by atoms with Crippen LogP contribution in [-0.2, 0) is 4.79 Å². The summed E-state index contributed by atoms with van der Waals surface area (Å²) in [5, 5.41) is 7.12. The zero-order chi connectivity index (χ0) is 27.0. The number of halogens is 5. The van der Waals surface area contributed by atoms with Gasteiger partial charge in [0.05, 0.1) is 23.4 Å². The molecule has 1 saturated carbocycles. The smallest absolute Gasteiger partial charge is 0.471 e. The number of fused-ring (bicyclic) bond motifs is 1. The minimum absolute atomic E-state index is 0.167. The van der Waals surface area contributed by atoms with Gasteiger partial charge in [0.15, 0.2) is 0 Å². The van der Waals surface area contributed by atoms with Crippen LogP contribution in [0.1, 0.15) is 49.3 Å². The van der Waals surface area contributed by atoms with Crippen molar-refractivity contribution in [2.24, 2.45) is 0 Å². The van der Waals surface area contributed by atoms with Crippen molar-refractivity contribution in [1.29, 1.82) is 0 Å². The van der Waals surface area contributed by atoms with Crippen molar-refractivity contribution < 1.29 is 31.5 Å². The third-order valence-electron chi connectivity index (χ3n) is 6.84. The topological polar surface area (TPSA) is 56.1 Å². The molecule has 1 aromatic heterocycles. The molecule has 1 N–H and O–H groups in total.